The van der Waals surface area contributed by atoms with Crippen molar-refractivity contribution in [3.63, 3.8) is 0 Å². The predicted molar refractivity (Wildman–Crippen MR) is 76.5 cm³/mol. The van der Waals surface area contributed by atoms with E-state index in [1.807, 2.05) is 0 Å². The Morgan fingerprint density at radius 1 is 1.40 bits per heavy atom. The Kier molecular flexibility index (Phi) is 4.09. The molecule has 1 atom stereocenters. The van der Waals surface area contributed by atoms with Crippen molar-refractivity contribution >= 4 is 33.0 Å². The molecule has 20 heavy (non-hydrogen) atoms. The second kappa shape index (κ2) is 5.55. The lowest BCUT2D eigenvalue weighted by Crippen LogP contribution is -2.34. The van der Waals surface area contributed by atoms with Gasteiger partial charge in [0.05, 0.1) is 17.0 Å². The summed E-state index contributed by atoms with van der Waals surface area (Å²) in [6.45, 7) is 0.660. The summed E-state index contributed by atoms with van der Waals surface area (Å²) in [5.74, 6) is -0.456. The predicted octanol–water partition coefficient (Wildman–Crippen LogP) is 2.37. The molecule has 1 saturated heterocycles. The molecule has 0 bridgehead atoms. The van der Waals surface area contributed by atoms with Crippen molar-refractivity contribution in [2.45, 2.75) is 41.8 Å². The van der Waals surface area contributed by atoms with Crippen LogP contribution in [0, 0.1) is 0 Å². The highest BCUT2D eigenvalue weighted by Gasteiger charge is 2.43. The zero-order valence-corrected chi connectivity index (χ0v) is 13.2. The summed E-state index contributed by atoms with van der Waals surface area (Å²) in [7, 11) is -3.51. The van der Waals surface area contributed by atoms with Crippen LogP contribution in [-0.2, 0) is 19.5 Å². The topological polar surface area (TPSA) is 64.6 Å². The number of rotatable bonds is 4. The van der Waals surface area contributed by atoms with Crippen LogP contribution < -0.4 is 4.72 Å². The van der Waals surface area contributed by atoms with Gasteiger partial charge in [0, 0.05) is 19.4 Å². The lowest BCUT2D eigenvalue weighted by atomic mass is 10.2. The molecular formula is C12H16ClNO4S2. The van der Waals surface area contributed by atoms with Crippen molar-refractivity contribution in [3.8, 4) is 0 Å². The van der Waals surface area contributed by atoms with Gasteiger partial charge in [-0.15, -0.1) is 11.3 Å². The minimum atomic E-state index is -3.51. The van der Waals surface area contributed by atoms with Crippen LogP contribution >= 0.6 is 22.9 Å². The first-order valence-electron chi connectivity index (χ1n) is 6.56. The van der Waals surface area contributed by atoms with Crippen molar-refractivity contribution < 1.29 is 17.9 Å². The van der Waals surface area contributed by atoms with Crippen LogP contribution in [0.1, 0.15) is 25.7 Å². The highest BCUT2D eigenvalue weighted by molar-refractivity contribution is 7.91. The van der Waals surface area contributed by atoms with Gasteiger partial charge < -0.3 is 9.47 Å². The van der Waals surface area contributed by atoms with Crippen LogP contribution in [0.25, 0.3) is 0 Å². The molecule has 0 aromatic carbocycles. The molecule has 1 spiro atoms. The number of hydrogen-bond acceptors (Lipinski definition) is 5. The fourth-order valence-corrected chi connectivity index (χ4v) is 5.20. The molecule has 1 aromatic rings. The fourth-order valence-electron chi connectivity index (χ4n) is 2.61. The number of thiophene rings is 1. The van der Waals surface area contributed by atoms with Crippen LogP contribution in [0.4, 0.5) is 0 Å². The third-order valence-corrected chi connectivity index (χ3v) is 6.74. The van der Waals surface area contributed by atoms with E-state index in [-0.39, 0.29) is 16.9 Å². The smallest absolute Gasteiger partial charge is 0.250 e. The zero-order chi connectivity index (χ0) is 14.2. The van der Waals surface area contributed by atoms with E-state index in [1.54, 1.807) is 6.07 Å². The summed E-state index contributed by atoms with van der Waals surface area (Å²) < 4.78 is 38.9. The first kappa shape index (κ1) is 14.7. The lowest BCUT2D eigenvalue weighted by molar-refractivity contribution is -0.160. The molecule has 0 unspecified atom stereocenters. The van der Waals surface area contributed by atoms with Gasteiger partial charge in [0.1, 0.15) is 4.21 Å². The molecule has 112 valence electrons. The van der Waals surface area contributed by atoms with E-state index in [0.29, 0.717) is 10.9 Å². The third-order valence-electron chi connectivity index (χ3n) is 3.59. The molecule has 2 heterocycles. The molecule has 2 fully saturated rings. The maximum absolute atomic E-state index is 12.1. The van der Waals surface area contributed by atoms with E-state index < -0.39 is 15.8 Å². The van der Waals surface area contributed by atoms with Gasteiger partial charge >= 0.3 is 0 Å². The van der Waals surface area contributed by atoms with Gasteiger partial charge in [-0.2, -0.15) is 0 Å². The third kappa shape index (κ3) is 3.03. The minimum Gasteiger partial charge on any atom is -0.347 e. The van der Waals surface area contributed by atoms with Gasteiger partial charge in [-0.05, 0) is 25.0 Å². The van der Waals surface area contributed by atoms with Crippen molar-refractivity contribution in [3.05, 3.63) is 16.5 Å². The molecule has 1 aliphatic carbocycles. The molecule has 0 radical (unpaired) electrons. The van der Waals surface area contributed by atoms with E-state index in [4.69, 9.17) is 21.1 Å². The highest BCUT2D eigenvalue weighted by Crippen LogP contribution is 2.39. The molecule has 0 amide bonds. The Labute approximate surface area is 127 Å². The summed E-state index contributed by atoms with van der Waals surface area (Å²) in [6, 6.07) is 3.07. The van der Waals surface area contributed by atoms with Gasteiger partial charge in [-0.25, -0.2) is 13.1 Å². The molecule has 1 aromatic heterocycles. The Morgan fingerprint density at radius 3 is 2.80 bits per heavy atom. The first-order chi connectivity index (χ1) is 9.49. The van der Waals surface area contributed by atoms with Crippen molar-refractivity contribution in [2.24, 2.45) is 0 Å². The van der Waals surface area contributed by atoms with Gasteiger partial charge in [-0.3, -0.25) is 0 Å². The van der Waals surface area contributed by atoms with Crippen LogP contribution in [0.15, 0.2) is 16.3 Å². The van der Waals surface area contributed by atoms with Gasteiger partial charge in [0.25, 0.3) is 0 Å². The van der Waals surface area contributed by atoms with Gasteiger partial charge in [0.15, 0.2) is 5.79 Å². The first-order valence-corrected chi connectivity index (χ1v) is 9.24. The van der Waals surface area contributed by atoms with Crippen LogP contribution in [0.3, 0.4) is 0 Å². The molecule has 1 aliphatic heterocycles. The number of hydrogen-bond donors (Lipinski definition) is 1. The Morgan fingerprint density at radius 2 is 2.15 bits per heavy atom. The second-order valence-electron chi connectivity index (χ2n) is 5.08. The zero-order valence-electron chi connectivity index (χ0n) is 10.8. The second-order valence-corrected chi connectivity index (χ2v) is 8.79. The quantitative estimate of drug-likeness (QED) is 0.916. The normalized spacial score (nSPS) is 25.6. The number of halogens is 1. The number of nitrogens with one attached hydrogen (secondary N) is 1. The Balaban J connectivity index is 1.57. The van der Waals surface area contributed by atoms with E-state index in [9.17, 15) is 8.42 Å². The summed E-state index contributed by atoms with van der Waals surface area (Å²) in [5.41, 5.74) is 0. The number of sulfonamides is 1. The summed E-state index contributed by atoms with van der Waals surface area (Å²) in [6.07, 6.45) is 3.78. The van der Waals surface area contributed by atoms with E-state index in [0.717, 1.165) is 37.0 Å². The lowest BCUT2D eigenvalue weighted by Gasteiger charge is -2.21. The monoisotopic (exact) mass is 337 g/mol. The molecule has 8 heteroatoms. The minimum absolute atomic E-state index is 0.219. The van der Waals surface area contributed by atoms with Gasteiger partial charge in [0.2, 0.25) is 10.0 Å². The molecule has 1 saturated carbocycles. The van der Waals surface area contributed by atoms with Crippen molar-refractivity contribution in [1.29, 1.82) is 0 Å². The maximum Gasteiger partial charge on any atom is 0.250 e. The maximum atomic E-state index is 12.1. The highest BCUT2D eigenvalue weighted by atomic mass is 35.5. The molecule has 2 aliphatic rings. The van der Waals surface area contributed by atoms with E-state index in [1.165, 1.54) is 6.07 Å². The largest absolute Gasteiger partial charge is 0.347 e. The van der Waals surface area contributed by atoms with E-state index in [2.05, 4.69) is 4.72 Å². The standard InChI is InChI=1S/C12H16ClNO4S2/c13-10-3-4-11(19-10)20(15,16)14-7-9-8-17-12(18-9)5-1-2-6-12/h3-4,9,14H,1-2,5-8H2/t9-/m1/s1. The van der Waals surface area contributed by atoms with Crippen LogP contribution in [-0.4, -0.2) is 33.5 Å². The fraction of sp³-hybridized carbons (Fsp3) is 0.667. The van der Waals surface area contributed by atoms with Crippen LogP contribution in [0.2, 0.25) is 4.34 Å². The average Bonchev–Trinajstić information content (AvgIpc) is 3.11. The molecule has 1 N–H and O–H groups in total. The Hall–Kier alpha value is -0.180. The van der Waals surface area contributed by atoms with Crippen molar-refractivity contribution in [1.82, 2.24) is 4.72 Å². The molecule has 3 rings (SSSR count). The summed E-state index contributed by atoms with van der Waals surface area (Å²) in [5, 5.41) is 0. The van der Waals surface area contributed by atoms with E-state index >= 15 is 0 Å². The number of ether oxygens (including phenoxy) is 2. The van der Waals surface area contributed by atoms with Gasteiger partial charge in [-0.1, -0.05) is 11.6 Å². The Bertz CT molecular complexity index is 580. The van der Waals surface area contributed by atoms with Crippen molar-refractivity contribution in [2.75, 3.05) is 13.2 Å². The molecular weight excluding hydrogens is 322 g/mol. The molecule has 5 nitrogen and oxygen atoms in total. The van der Waals surface area contributed by atoms with Crippen LogP contribution in [0.5, 0.6) is 0 Å². The SMILES string of the molecule is O=S(=O)(NC[C@@H]1COC2(CCCC2)O1)c1ccc(Cl)s1. The average molecular weight is 338 g/mol. The summed E-state index contributed by atoms with van der Waals surface area (Å²) >= 11 is 6.80. The summed E-state index contributed by atoms with van der Waals surface area (Å²) in [4.78, 5) is 0.